The third kappa shape index (κ3) is 9.67. The predicted molar refractivity (Wildman–Crippen MR) is 71.0 cm³/mol. The van der Waals surface area contributed by atoms with Crippen molar-refractivity contribution < 1.29 is 44.2 Å². The van der Waals surface area contributed by atoms with Gasteiger partial charge in [0.05, 0.1) is 6.26 Å². The molecule has 1 rings (SSSR count). The molecule has 1 saturated heterocycles. The molecule has 1 aliphatic rings. The zero-order valence-electron chi connectivity index (χ0n) is 11.3. The molecule has 1 unspecified atom stereocenters. The second kappa shape index (κ2) is 9.09. The van der Waals surface area contributed by atoms with Gasteiger partial charge in [0.2, 0.25) is 15.9 Å². The number of nitrogens with one attached hydrogen (secondary N) is 1. The molecule has 0 spiro atoms. The van der Waals surface area contributed by atoms with Crippen LogP contribution in [0.1, 0.15) is 33.5 Å². The van der Waals surface area contributed by atoms with Crippen molar-refractivity contribution in [2.24, 2.45) is 0 Å². The summed E-state index contributed by atoms with van der Waals surface area (Å²) in [6.45, 7) is 0. The first-order chi connectivity index (χ1) is 7.47. The maximum absolute atomic E-state index is 11.2. The molecular weight excluding hydrogens is 289 g/mol. The van der Waals surface area contributed by atoms with Gasteiger partial charge in [-0.25, -0.2) is 8.42 Å². The molecule has 1 amide bonds. The molecule has 0 aromatic carbocycles. The van der Waals surface area contributed by atoms with E-state index in [0.29, 0.717) is 6.42 Å². The number of amides is 1. The van der Waals surface area contributed by atoms with E-state index in [9.17, 15) is 13.2 Å². The van der Waals surface area contributed by atoms with Crippen LogP contribution in [-0.4, -0.2) is 31.6 Å². The summed E-state index contributed by atoms with van der Waals surface area (Å²) < 4.78 is 23.5. The molecular formula is C9H18NNaO3S3. The Balaban J connectivity index is 0. The molecule has 1 aliphatic heterocycles. The molecule has 8 heteroatoms. The van der Waals surface area contributed by atoms with Gasteiger partial charge in [-0.3, -0.25) is 9.52 Å². The van der Waals surface area contributed by atoms with E-state index in [1.165, 1.54) is 12.2 Å². The van der Waals surface area contributed by atoms with Gasteiger partial charge in [-0.05, 0) is 19.3 Å². The van der Waals surface area contributed by atoms with Crippen molar-refractivity contribution >= 4 is 37.5 Å². The second-order valence-corrected chi connectivity index (χ2v) is 8.41. The van der Waals surface area contributed by atoms with Crippen molar-refractivity contribution in [3.63, 3.8) is 0 Å². The molecule has 0 bridgehead atoms. The molecule has 1 atom stereocenters. The number of sulfonamides is 1. The summed E-state index contributed by atoms with van der Waals surface area (Å²) in [4.78, 5) is 11.2. The third-order valence-corrected chi connectivity index (χ3v) is 5.81. The van der Waals surface area contributed by atoms with E-state index in [2.05, 4.69) is 0 Å². The summed E-state index contributed by atoms with van der Waals surface area (Å²) in [5, 5.41) is 0.725. The van der Waals surface area contributed by atoms with E-state index in [0.717, 1.165) is 30.8 Å². The summed E-state index contributed by atoms with van der Waals surface area (Å²) in [6, 6.07) is 0. The van der Waals surface area contributed by atoms with E-state index in [1.54, 1.807) is 0 Å². The minimum absolute atomic E-state index is 0. The van der Waals surface area contributed by atoms with Crippen LogP contribution in [0.3, 0.4) is 0 Å². The fourth-order valence-corrected chi connectivity index (χ4v) is 5.02. The summed E-state index contributed by atoms with van der Waals surface area (Å²) in [6.07, 6.45) is 5.45. The minimum Gasteiger partial charge on any atom is -1.00 e. The number of carbonyl (C=O) groups excluding carboxylic acids is 1. The van der Waals surface area contributed by atoms with Gasteiger partial charge in [0.25, 0.3) is 0 Å². The van der Waals surface area contributed by atoms with Crippen molar-refractivity contribution in [1.82, 2.24) is 4.72 Å². The van der Waals surface area contributed by atoms with Gasteiger partial charge < -0.3 is 1.43 Å². The topological polar surface area (TPSA) is 63.2 Å². The Morgan fingerprint density at radius 2 is 2.18 bits per heavy atom. The zero-order chi connectivity index (χ0) is 12.0. The normalized spacial score (nSPS) is 19.7. The molecule has 1 fully saturated rings. The molecule has 0 aliphatic carbocycles. The van der Waals surface area contributed by atoms with Crippen molar-refractivity contribution in [3.8, 4) is 0 Å². The number of unbranched alkanes of at least 4 members (excludes halogenated alkanes) is 1. The van der Waals surface area contributed by atoms with Crippen molar-refractivity contribution in [3.05, 3.63) is 0 Å². The summed E-state index contributed by atoms with van der Waals surface area (Å²) >= 11 is 0. The monoisotopic (exact) mass is 307 g/mol. The summed E-state index contributed by atoms with van der Waals surface area (Å²) in [5.41, 5.74) is 0. The molecule has 0 aromatic rings. The van der Waals surface area contributed by atoms with Crippen molar-refractivity contribution in [1.29, 1.82) is 0 Å². The minimum atomic E-state index is -3.38. The fourth-order valence-electron chi connectivity index (χ4n) is 1.48. The third-order valence-electron chi connectivity index (χ3n) is 2.21. The van der Waals surface area contributed by atoms with Crippen LogP contribution in [0.4, 0.5) is 0 Å². The Hall–Kier alpha value is 1.12. The average Bonchev–Trinajstić information content (AvgIpc) is 2.62. The van der Waals surface area contributed by atoms with Crippen LogP contribution >= 0.6 is 21.6 Å². The number of carbonyl (C=O) groups is 1. The van der Waals surface area contributed by atoms with Gasteiger partial charge >= 0.3 is 29.6 Å². The maximum atomic E-state index is 11.2. The van der Waals surface area contributed by atoms with Crippen LogP contribution < -0.4 is 34.3 Å². The zero-order valence-corrected chi connectivity index (χ0v) is 14.7. The van der Waals surface area contributed by atoms with Crippen LogP contribution in [0.25, 0.3) is 0 Å². The first-order valence-corrected chi connectivity index (χ1v) is 9.53. The summed E-state index contributed by atoms with van der Waals surface area (Å²) in [7, 11) is 0.461. The molecule has 0 saturated carbocycles. The summed E-state index contributed by atoms with van der Waals surface area (Å²) in [5.74, 6) is 0.833. The quantitative estimate of drug-likeness (QED) is 0.383. The van der Waals surface area contributed by atoms with E-state index in [4.69, 9.17) is 0 Å². The van der Waals surface area contributed by atoms with Gasteiger partial charge in [0.15, 0.2) is 0 Å². The van der Waals surface area contributed by atoms with Crippen LogP contribution in [0, 0.1) is 0 Å². The van der Waals surface area contributed by atoms with Gasteiger partial charge in [-0.15, -0.1) is 0 Å². The first kappa shape index (κ1) is 18.1. The fraction of sp³-hybridized carbons (Fsp3) is 0.889. The van der Waals surface area contributed by atoms with Gasteiger partial charge in [-0.1, -0.05) is 28.0 Å². The van der Waals surface area contributed by atoms with Crippen LogP contribution in [0.15, 0.2) is 0 Å². The Kier molecular flexibility index (Phi) is 9.69. The molecule has 1 N–H and O–H groups in total. The van der Waals surface area contributed by atoms with Gasteiger partial charge in [0, 0.05) is 17.4 Å². The van der Waals surface area contributed by atoms with Crippen molar-refractivity contribution in [2.75, 3.05) is 12.0 Å². The first-order valence-electron chi connectivity index (χ1n) is 5.26. The molecule has 0 radical (unpaired) electrons. The Morgan fingerprint density at radius 1 is 1.47 bits per heavy atom. The molecule has 4 nitrogen and oxygen atoms in total. The van der Waals surface area contributed by atoms with Crippen LogP contribution in [0.5, 0.6) is 0 Å². The predicted octanol–water partition coefficient (Wildman–Crippen LogP) is -1.11. The van der Waals surface area contributed by atoms with Crippen LogP contribution in [0.2, 0.25) is 0 Å². The average molecular weight is 307 g/mol. The smallest absolute Gasteiger partial charge is 1.00 e. The maximum Gasteiger partial charge on any atom is 1.00 e. The Bertz CT molecular complexity index is 334. The van der Waals surface area contributed by atoms with Crippen LogP contribution in [-0.2, 0) is 14.8 Å². The van der Waals surface area contributed by atoms with E-state index in [-0.39, 0.29) is 31.0 Å². The Labute approximate surface area is 135 Å². The second-order valence-electron chi connectivity index (χ2n) is 3.87. The largest absolute Gasteiger partial charge is 1.00 e. The number of rotatable bonds is 6. The Morgan fingerprint density at radius 3 is 2.71 bits per heavy atom. The van der Waals surface area contributed by atoms with Crippen molar-refractivity contribution in [2.45, 2.75) is 37.4 Å². The SMILES string of the molecule is CS(=O)(=O)NC(=O)CCCCC1CCSS1.[H-].[Na+]. The van der Waals surface area contributed by atoms with Gasteiger partial charge in [0.1, 0.15) is 0 Å². The standard InChI is InChI=1S/C9H17NO3S3.Na.H/c1-16(12,13)10-9(11)5-3-2-4-8-6-7-14-15-8;;/h8H,2-7H2,1H3,(H,10,11);;/q;+1;-1. The van der Waals surface area contributed by atoms with E-state index in [1.807, 2.05) is 26.3 Å². The molecule has 17 heavy (non-hydrogen) atoms. The molecule has 96 valence electrons. The van der Waals surface area contributed by atoms with E-state index < -0.39 is 15.9 Å². The van der Waals surface area contributed by atoms with Gasteiger partial charge in [-0.2, -0.15) is 0 Å². The molecule has 0 aromatic heterocycles. The van der Waals surface area contributed by atoms with E-state index >= 15 is 0 Å². The number of hydrogen-bond donors (Lipinski definition) is 1. The number of hydrogen-bond acceptors (Lipinski definition) is 5. The molecule has 1 heterocycles.